The van der Waals surface area contributed by atoms with Crippen molar-refractivity contribution in [2.24, 2.45) is 0 Å². The van der Waals surface area contributed by atoms with Crippen LogP contribution >= 0.6 is 0 Å². The molecule has 170 valence electrons. The minimum Gasteiger partial charge on any atom is -0.383 e. The van der Waals surface area contributed by atoms with E-state index in [2.05, 4.69) is 27.0 Å². The summed E-state index contributed by atoms with van der Waals surface area (Å²) in [4.78, 5) is 8.66. The molecule has 1 saturated carbocycles. The number of nitrogens with one attached hydrogen (secondary N) is 2. The Morgan fingerprint density at radius 1 is 1.39 bits per heavy atom. The van der Waals surface area contributed by atoms with Crippen LogP contribution in [0.15, 0.2) is 77.7 Å². The predicted octanol–water partition coefficient (Wildman–Crippen LogP) is 3.63. The van der Waals surface area contributed by atoms with Crippen LogP contribution in [-0.4, -0.2) is 40.2 Å². The van der Waals surface area contributed by atoms with E-state index in [0.29, 0.717) is 23.6 Å². The van der Waals surface area contributed by atoms with Crippen LogP contribution in [0.2, 0.25) is 0 Å². The minimum absolute atomic E-state index is 0.0158. The van der Waals surface area contributed by atoms with E-state index in [1.54, 1.807) is 42.6 Å². The molecule has 0 aromatic carbocycles. The van der Waals surface area contributed by atoms with Crippen molar-refractivity contribution in [1.82, 2.24) is 20.4 Å². The number of nitrogens with zero attached hydrogens (tertiary/aromatic N) is 3. The number of ether oxygens (including phenoxy) is 1. The van der Waals surface area contributed by atoms with E-state index in [-0.39, 0.29) is 23.9 Å². The van der Waals surface area contributed by atoms with Crippen molar-refractivity contribution in [3.8, 4) is 0 Å². The molecule has 1 fully saturated rings. The first-order chi connectivity index (χ1) is 16.0. The fourth-order valence-electron chi connectivity index (χ4n) is 3.45. The molecule has 2 aliphatic carbocycles. The van der Waals surface area contributed by atoms with Crippen LogP contribution in [0.5, 0.6) is 0 Å². The van der Waals surface area contributed by atoms with Gasteiger partial charge in [0, 0.05) is 24.4 Å². The maximum Gasteiger partial charge on any atom is 0.179 e. The molecule has 33 heavy (non-hydrogen) atoms. The number of alkyl halides is 1. The number of hydrogen-bond donors (Lipinski definition) is 3. The van der Waals surface area contributed by atoms with Crippen molar-refractivity contribution < 1.29 is 13.7 Å². The van der Waals surface area contributed by atoms with Gasteiger partial charge >= 0.3 is 0 Å². The Morgan fingerprint density at radius 3 is 2.94 bits per heavy atom. The first kappa shape index (κ1) is 22.3. The Hall–Kier alpha value is -3.85. The molecular formula is C24H25FN6O2. The predicted molar refractivity (Wildman–Crippen MR) is 124 cm³/mol. The molecule has 0 amide bonds. The van der Waals surface area contributed by atoms with Crippen molar-refractivity contribution in [2.45, 2.75) is 24.6 Å². The van der Waals surface area contributed by atoms with Gasteiger partial charge in [-0.2, -0.15) is 0 Å². The van der Waals surface area contributed by atoms with Crippen LogP contribution in [0.25, 0.3) is 5.70 Å². The highest BCUT2D eigenvalue weighted by atomic mass is 19.1. The maximum atomic E-state index is 14.3. The van der Waals surface area contributed by atoms with Gasteiger partial charge in [-0.1, -0.05) is 35.5 Å². The molecule has 9 heteroatoms. The van der Waals surface area contributed by atoms with Crippen molar-refractivity contribution in [2.75, 3.05) is 18.9 Å². The molecule has 4 N–H and O–H groups in total. The van der Waals surface area contributed by atoms with Crippen LogP contribution in [-0.2, 0) is 10.3 Å². The average Bonchev–Trinajstić information content (AvgIpc) is 3.46. The van der Waals surface area contributed by atoms with Gasteiger partial charge in [0.25, 0.3) is 0 Å². The summed E-state index contributed by atoms with van der Waals surface area (Å²) in [5.41, 5.74) is 7.93. The summed E-state index contributed by atoms with van der Waals surface area (Å²) < 4.78 is 25.1. The number of hydrogen-bond acceptors (Lipinski definition) is 8. The van der Waals surface area contributed by atoms with Crippen LogP contribution in [0.1, 0.15) is 29.9 Å². The van der Waals surface area contributed by atoms with E-state index in [0.717, 1.165) is 18.4 Å². The van der Waals surface area contributed by atoms with Gasteiger partial charge in [-0.25, -0.2) is 14.4 Å². The summed E-state index contributed by atoms with van der Waals surface area (Å²) in [5.74, 6) is 0.430. The lowest BCUT2D eigenvalue weighted by molar-refractivity contribution is 0.0509. The van der Waals surface area contributed by atoms with Gasteiger partial charge in [0.2, 0.25) is 0 Å². The zero-order valence-corrected chi connectivity index (χ0v) is 18.0. The van der Waals surface area contributed by atoms with Crippen molar-refractivity contribution in [3.63, 3.8) is 0 Å². The van der Waals surface area contributed by atoms with Crippen LogP contribution in [0.3, 0.4) is 0 Å². The zero-order chi connectivity index (χ0) is 23.3. The monoisotopic (exact) mass is 448 g/mol. The second-order valence-electron chi connectivity index (χ2n) is 7.71. The Kier molecular flexibility index (Phi) is 6.60. The maximum absolute atomic E-state index is 14.3. The highest BCUT2D eigenvalue weighted by Crippen LogP contribution is 2.50. The highest BCUT2D eigenvalue weighted by Gasteiger charge is 2.47. The molecule has 8 nitrogen and oxygen atoms in total. The van der Waals surface area contributed by atoms with Crippen molar-refractivity contribution >= 4 is 17.2 Å². The fourth-order valence-corrected chi connectivity index (χ4v) is 3.45. The first-order valence-corrected chi connectivity index (χ1v) is 10.5. The molecule has 2 heterocycles. The van der Waals surface area contributed by atoms with Gasteiger partial charge in [0.1, 0.15) is 29.7 Å². The summed E-state index contributed by atoms with van der Waals surface area (Å²) in [6.45, 7) is 4.30. The van der Waals surface area contributed by atoms with E-state index < -0.39 is 11.8 Å². The van der Waals surface area contributed by atoms with Gasteiger partial charge in [0.15, 0.2) is 5.82 Å². The van der Waals surface area contributed by atoms with Gasteiger partial charge in [-0.15, -0.1) is 6.58 Å². The molecule has 2 aliphatic rings. The van der Waals surface area contributed by atoms with E-state index in [9.17, 15) is 4.39 Å². The normalized spacial score (nSPS) is 19.0. The summed E-state index contributed by atoms with van der Waals surface area (Å²) in [6.07, 6.45) is 15.1. The van der Waals surface area contributed by atoms with E-state index in [4.69, 9.17) is 20.4 Å². The molecule has 1 unspecified atom stereocenters. The standard InChI is InChI=1S/C24H25FN6O2/c1-2-11-32-24(9-10-24)17-15-29-23(30-22(17)27)19(26)13-21(20-8-12-33-31-20)28-14-16-6-4-3-5-7-18(16)25/h2-8,12-13,15,18,26,28H,1,9-11,14H2,(H2,27,29,30)/b21-13-,26-19?. The Balaban J connectivity index is 1.54. The minimum atomic E-state index is -1.21. The molecule has 2 aromatic rings. The number of nitrogen functional groups attached to an aromatic ring is 1. The Morgan fingerprint density at radius 2 is 2.24 bits per heavy atom. The SMILES string of the molecule is C=CCOC1(c2cnc(C(=N)/C=C(\NCC3=CC=CC=CC3F)c3ccon3)nc2N)CC1. The summed E-state index contributed by atoms with van der Waals surface area (Å²) >= 11 is 0. The van der Waals surface area contributed by atoms with Crippen LogP contribution < -0.4 is 11.1 Å². The topological polar surface area (TPSA) is 123 Å². The molecule has 0 aliphatic heterocycles. The quantitative estimate of drug-likeness (QED) is 0.375. The smallest absolute Gasteiger partial charge is 0.179 e. The largest absolute Gasteiger partial charge is 0.383 e. The first-order valence-electron chi connectivity index (χ1n) is 10.5. The molecule has 4 rings (SSSR count). The second-order valence-corrected chi connectivity index (χ2v) is 7.71. The lowest BCUT2D eigenvalue weighted by Gasteiger charge is -2.17. The summed E-state index contributed by atoms with van der Waals surface area (Å²) in [6, 6.07) is 1.65. The van der Waals surface area contributed by atoms with Gasteiger partial charge in [-0.05, 0) is 30.6 Å². The number of rotatable bonds is 10. The van der Waals surface area contributed by atoms with E-state index in [1.807, 2.05) is 0 Å². The van der Waals surface area contributed by atoms with Crippen LogP contribution in [0, 0.1) is 5.41 Å². The highest BCUT2D eigenvalue weighted by molar-refractivity contribution is 6.07. The van der Waals surface area contributed by atoms with Crippen molar-refractivity contribution in [3.05, 3.63) is 90.3 Å². The van der Waals surface area contributed by atoms with E-state index >= 15 is 0 Å². The van der Waals surface area contributed by atoms with Crippen molar-refractivity contribution in [1.29, 1.82) is 5.41 Å². The van der Waals surface area contributed by atoms with Crippen LogP contribution in [0.4, 0.5) is 10.2 Å². The fraction of sp³-hybridized carbons (Fsp3) is 0.250. The molecular weight excluding hydrogens is 423 g/mol. The summed E-state index contributed by atoms with van der Waals surface area (Å²) in [5, 5.41) is 15.6. The molecule has 0 spiro atoms. The molecule has 0 saturated heterocycles. The molecule has 2 aromatic heterocycles. The number of nitrogens with two attached hydrogens (primary N) is 1. The Labute approximate surface area is 190 Å². The number of anilines is 1. The van der Waals surface area contributed by atoms with Gasteiger partial charge in [-0.3, -0.25) is 5.41 Å². The third kappa shape index (κ3) is 5.15. The number of allylic oxidation sites excluding steroid dienone is 6. The Bertz CT molecular complexity index is 1150. The molecule has 0 radical (unpaired) electrons. The third-order valence-corrected chi connectivity index (χ3v) is 5.38. The molecule has 1 atom stereocenters. The lowest BCUT2D eigenvalue weighted by Crippen LogP contribution is -2.21. The number of halogens is 1. The zero-order valence-electron chi connectivity index (χ0n) is 18.0. The van der Waals surface area contributed by atoms with E-state index in [1.165, 1.54) is 18.4 Å². The lowest BCUT2D eigenvalue weighted by atomic mass is 10.1. The number of aromatic nitrogens is 3. The average molecular weight is 449 g/mol. The third-order valence-electron chi connectivity index (χ3n) is 5.38. The van der Waals surface area contributed by atoms with Gasteiger partial charge < -0.3 is 20.3 Å². The summed E-state index contributed by atoms with van der Waals surface area (Å²) in [7, 11) is 0. The second kappa shape index (κ2) is 9.74. The molecule has 0 bridgehead atoms. The van der Waals surface area contributed by atoms with Gasteiger partial charge in [0.05, 0.1) is 17.9 Å².